The Morgan fingerprint density at radius 2 is 1.82 bits per heavy atom. The Bertz CT molecular complexity index is 562. The maximum Gasteiger partial charge on any atom is 0.416 e. The van der Waals surface area contributed by atoms with Crippen LogP contribution in [-0.4, -0.2) is 13.1 Å². The van der Waals surface area contributed by atoms with Crippen LogP contribution >= 0.6 is 24.0 Å². The van der Waals surface area contributed by atoms with Crippen molar-refractivity contribution < 1.29 is 27.1 Å². The normalized spacial score (nSPS) is 13.3. The first-order chi connectivity index (χ1) is 9.42. The summed E-state index contributed by atoms with van der Waals surface area (Å²) in [5.41, 5.74) is 2.70. The van der Waals surface area contributed by atoms with Crippen molar-refractivity contribution in [2.75, 3.05) is 7.11 Å². The summed E-state index contributed by atoms with van der Waals surface area (Å²) in [5.74, 6) is -1.86. The van der Waals surface area contributed by atoms with E-state index in [4.69, 9.17) is 17.3 Å². The van der Waals surface area contributed by atoms with Gasteiger partial charge in [0.05, 0.1) is 23.1 Å². The first-order valence-electron chi connectivity index (χ1n) is 5.83. The van der Waals surface area contributed by atoms with Gasteiger partial charge in [-0.05, 0) is 26.0 Å². The van der Waals surface area contributed by atoms with Gasteiger partial charge < -0.3 is 10.5 Å². The highest BCUT2D eigenvalue weighted by Crippen LogP contribution is 2.39. The van der Waals surface area contributed by atoms with E-state index < -0.39 is 45.6 Å². The van der Waals surface area contributed by atoms with Gasteiger partial charge in [0.15, 0.2) is 0 Å². The van der Waals surface area contributed by atoms with E-state index in [1.165, 1.54) is 13.8 Å². The Labute approximate surface area is 136 Å². The van der Waals surface area contributed by atoms with E-state index in [-0.39, 0.29) is 12.4 Å². The van der Waals surface area contributed by atoms with Gasteiger partial charge in [-0.25, -0.2) is 4.39 Å². The second-order valence-corrected chi connectivity index (χ2v) is 5.46. The SMILES string of the molecule is COC(=O)C(C)(C)[C@H](N)c1cc(C(F)(F)F)cc(Cl)c1F.Cl. The predicted molar refractivity (Wildman–Crippen MR) is 76.4 cm³/mol. The Hall–Kier alpha value is -1.05. The number of benzene rings is 1. The molecule has 3 nitrogen and oxygen atoms in total. The van der Waals surface area contributed by atoms with Gasteiger partial charge in [0.25, 0.3) is 0 Å². The summed E-state index contributed by atoms with van der Waals surface area (Å²) >= 11 is 5.49. The molecule has 0 unspecified atom stereocenters. The summed E-state index contributed by atoms with van der Waals surface area (Å²) in [6.07, 6.45) is -4.71. The minimum Gasteiger partial charge on any atom is -0.469 e. The quantitative estimate of drug-likeness (QED) is 0.649. The molecular formula is C13H15Cl2F4NO2. The van der Waals surface area contributed by atoms with E-state index in [0.29, 0.717) is 12.1 Å². The zero-order valence-electron chi connectivity index (χ0n) is 11.9. The van der Waals surface area contributed by atoms with E-state index in [9.17, 15) is 22.4 Å². The third kappa shape index (κ3) is 4.02. The van der Waals surface area contributed by atoms with Crippen molar-refractivity contribution >= 4 is 30.0 Å². The third-order valence-electron chi connectivity index (χ3n) is 3.21. The molecule has 0 spiro atoms. The van der Waals surface area contributed by atoms with E-state index in [0.717, 1.165) is 7.11 Å². The van der Waals surface area contributed by atoms with Gasteiger partial charge in [-0.15, -0.1) is 12.4 Å². The molecule has 0 aliphatic rings. The molecule has 1 atom stereocenters. The molecule has 9 heteroatoms. The van der Waals surface area contributed by atoms with Crippen LogP contribution < -0.4 is 5.73 Å². The second-order valence-electron chi connectivity index (χ2n) is 5.05. The van der Waals surface area contributed by atoms with E-state index in [1.54, 1.807) is 0 Å². The predicted octanol–water partition coefficient (Wildman–Crippen LogP) is 4.12. The molecule has 126 valence electrons. The van der Waals surface area contributed by atoms with E-state index in [2.05, 4.69) is 4.74 Å². The zero-order valence-corrected chi connectivity index (χ0v) is 13.5. The Balaban J connectivity index is 0.00000441. The molecule has 0 aromatic heterocycles. The molecule has 0 fully saturated rings. The number of nitrogens with two attached hydrogens (primary N) is 1. The topological polar surface area (TPSA) is 52.3 Å². The molecule has 0 saturated heterocycles. The smallest absolute Gasteiger partial charge is 0.416 e. The highest BCUT2D eigenvalue weighted by molar-refractivity contribution is 6.30. The first kappa shape index (κ1) is 20.9. The molecule has 0 aliphatic heterocycles. The fourth-order valence-electron chi connectivity index (χ4n) is 1.78. The summed E-state index contributed by atoms with van der Waals surface area (Å²) < 4.78 is 56.8. The van der Waals surface area contributed by atoms with Crippen molar-refractivity contribution in [1.82, 2.24) is 0 Å². The largest absolute Gasteiger partial charge is 0.469 e. The van der Waals surface area contributed by atoms with Crippen LogP contribution in [0.5, 0.6) is 0 Å². The molecule has 1 rings (SSSR count). The van der Waals surface area contributed by atoms with Crippen molar-refractivity contribution in [3.8, 4) is 0 Å². The van der Waals surface area contributed by atoms with Gasteiger partial charge in [0.1, 0.15) is 5.82 Å². The van der Waals surface area contributed by atoms with Gasteiger partial charge >= 0.3 is 12.1 Å². The summed E-state index contributed by atoms with van der Waals surface area (Å²) in [7, 11) is 1.10. The van der Waals surface area contributed by atoms with Gasteiger partial charge in [-0.2, -0.15) is 13.2 Å². The highest BCUT2D eigenvalue weighted by atomic mass is 35.5. The number of carbonyl (C=O) groups excluding carboxylic acids is 1. The number of hydrogen-bond donors (Lipinski definition) is 1. The minimum absolute atomic E-state index is 0. The average molecular weight is 364 g/mol. The van der Waals surface area contributed by atoms with E-state index in [1.807, 2.05) is 0 Å². The summed E-state index contributed by atoms with van der Waals surface area (Å²) in [6.45, 7) is 2.69. The molecule has 0 bridgehead atoms. The molecule has 0 saturated carbocycles. The first-order valence-corrected chi connectivity index (χ1v) is 6.20. The average Bonchev–Trinajstić information content (AvgIpc) is 2.38. The number of ether oxygens (including phenoxy) is 1. The van der Waals surface area contributed by atoms with Crippen molar-refractivity contribution in [2.24, 2.45) is 11.1 Å². The molecule has 0 amide bonds. The lowest BCUT2D eigenvalue weighted by molar-refractivity contribution is -0.152. The number of hydrogen-bond acceptors (Lipinski definition) is 3. The van der Waals surface area contributed by atoms with Gasteiger partial charge in [0, 0.05) is 11.6 Å². The summed E-state index contributed by atoms with van der Waals surface area (Å²) in [6, 6.07) is -0.334. The van der Waals surface area contributed by atoms with Crippen LogP contribution in [0.2, 0.25) is 5.02 Å². The Kier molecular flexibility index (Phi) is 6.68. The van der Waals surface area contributed by atoms with Crippen molar-refractivity contribution in [2.45, 2.75) is 26.1 Å². The number of esters is 1. The van der Waals surface area contributed by atoms with Gasteiger partial charge in [-0.3, -0.25) is 4.79 Å². The van der Waals surface area contributed by atoms with Crippen LogP contribution in [0.4, 0.5) is 17.6 Å². The van der Waals surface area contributed by atoms with E-state index >= 15 is 0 Å². The number of methoxy groups -OCH3 is 1. The number of carbonyl (C=O) groups is 1. The van der Waals surface area contributed by atoms with Crippen LogP contribution in [-0.2, 0) is 15.7 Å². The maximum atomic E-state index is 14.0. The Morgan fingerprint density at radius 3 is 2.23 bits per heavy atom. The summed E-state index contributed by atoms with van der Waals surface area (Å²) in [4.78, 5) is 11.6. The third-order valence-corrected chi connectivity index (χ3v) is 3.48. The molecule has 0 heterocycles. The number of alkyl halides is 3. The second kappa shape index (κ2) is 7.02. The highest BCUT2D eigenvalue weighted by Gasteiger charge is 2.40. The molecule has 1 aromatic rings. The minimum atomic E-state index is -4.71. The molecule has 2 N–H and O–H groups in total. The van der Waals surface area contributed by atoms with Crippen molar-refractivity contribution in [1.29, 1.82) is 0 Å². The lowest BCUT2D eigenvalue weighted by Gasteiger charge is -2.29. The maximum absolute atomic E-state index is 14.0. The Morgan fingerprint density at radius 1 is 1.32 bits per heavy atom. The molecule has 0 aliphatic carbocycles. The standard InChI is InChI=1S/C13H14ClF4NO2.ClH/c1-12(2,11(20)21-3)10(19)7-4-6(13(16,17)18)5-8(14)9(7)15;/h4-5,10H,19H2,1-3H3;1H/t10-;/m1./s1. The fraction of sp³-hybridized carbons (Fsp3) is 0.462. The molecule has 1 aromatic carbocycles. The monoisotopic (exact) mass is 363 g/mol. The summed E-state index contributed by atoms with van der Waals surface area (Å²) in [5, 5.41) is -0.712. The lowest BCUT2D eigenvalue weighted by atomic mass is 9.80. The zero-order chi connectivity index (χ0) is 16.6. The van der Waals surface area contributed by atoms with Crippen LogP contribution in [0.1, 0.15) is 31.0 Å². The fourth-order valence-corrected chi connectivity index (χ4v) is 2.01. The van der Waals surface area contributed by atoms with Gasteiger partial charge in [-0.1, -0.05) is 11.6 Å². The lowest BCUT2D eigenvalue weighted by Crippen LogP contribution is -2.38. The van der Waals surface area contributed by atoms with Gasteiger partial charge in [0.2, 0.25) is 0 Å². The van der Waals surface area contributed by atoms with Crippen LogP contribution in [0, 0.1) is 11.2 Å². The molecule has 22 heavy (non-hydrogen) atoms. The molecular weight excluding hydrogens is 349 g/mol. The molecule has 0 radical (unpaired) electrons. The van der Waals surface area contributed by atoms with Crippen molar-refractivity contribution in [3.05, 3.63) is 34.1 Å². The number of rotatable bonds is 3. The van der Waals surface area contributed by atoms with Crippen LogP contribution in [0.25, 0.3) is 0 Å². The van der Waals surface area contributed by atoms with Crippen LogP contribution in [0.15, 0.2) is 12.1 Å². The van der Waals surface area contributed by atoms with Crippen molar-refractivity contribution in [3.63, 3.8) is 0 Å². The van der Waals surface area contributed by atoms with Crippen LogP contribution in [0.3, 0.4) is 0 Å². The number of halogens is 6.